The predicted octanol–water partition coefficient (Wildman–Crippen LogP) is 2.01. The van der Waals surface area contributed by atoms with Gasteiger partial charge in [-0.2, -0.15) is 10.4 Å². The summed E-state index contributed by atoms with van der Waals surface area (Å²) in [6, 6.07) is 4.42. The lowest BCUT2D eigenvalue weighted by molar-refractivity contribution is 0.409. The normalized spacial score (nSPS) is 22.3. The molecule has 0 aromatic carbocycles. The minimum Gasteiger partial charge on any atom is -0.404 e. The Balaban J connectivity index is 1.91. The van der Waals surface area contributed by atoms with Crippen molar-refractivity contribution in [2.75, 3.05) is 5.73 Å². The van der Waals surface area contributed by atoms with Gasteiger partial charge in [-0.1, -0.05) is 0 Å². The molecule has 6 nitrogen and oxygen atoms in total. The maximum Gasteiger partial charge on any atom is 0.108 e. The third-order valence-corrected chi connectivity index (χ3v) is 4.13. The first-order valence-corrected chi connectivity index (χ1v) is 7.04. The first-order chi connectivity index (χ1) is 10.2. The molecule has 0 aliphatic heterocycles. The molecule has 1 aliphatic carbocycles. The monoisotopic (exact) mass is 282 g/mol. The standard InChI is InChI=1S/C15H18N6/c16-6-10-2-1-3-14(10)21-9-11(8-20-21)13(7-17)12-4-5-19-15(12)18/h4-5,7-10,14,19H,1-3,17-18H2/b13-7-. The largest absolute Gasteiger partial charge is 0.404 e. The minimum absolute atomic E-state index is 0.0420. The van der Waals surface area contributed by atoms with E-state index in [1.807, 2.05) is 16.9 Å². The molecule has 1 fully saturated rings. The molecule has 2 heterocycles. The molecule has 5 N–H and O–H groups in total. The number of aromatic amines is 1. The molecule has 2 unspecified atom stereocenters. The molecule has 0 radical (unpaired) electrons. The van der Waals surface area contributed by atoms with E-state index in [1.165, 1.54) is 6.20 Å². The van der Waals surface area contributed by atoms with E-state index in [1.54, 1.807) is 12.4 Å². The molecule has 2 atom stereocenters. The van der Waals surface area contributed by atoms with Crippen LogP contribution in [0.3, 0.4) is 0 Å². The van der Waals surface area contributed by atoms with Gasteiger partial charge < -0.3 is 16.5 Å². The van der Waals surface area contributed by atoms with Gasteiger partial charge in [0.05, 0.1) is 24.2 Å². The zero-order chi connectivity index (χ0) is 14.8. The molecule has 2 aromatic heterocycles. The summed E-state index contributed by atoms with van der Waals surface area (Å²) >= 11 is 0. The van der Waals surface area contributed by atoms with Crippen LogP contribution in [0.15, 0.2) is 30.9 Å². The second-order valence-electron chi connectivity index (χ2n) is 5.33. The van der Waals surface area contributed by atoms with Crippen molar-refractivity contribution in [3.8, 4) is 6.07 Å². The molecule has 2 aromatic rings. The number of anilines is 1. The highest BCUT2D eigenvalue weighted by Crippen LogP contribution is 2.35. The quantitative estimate of drug-likeness (QED) is 0.799. The maximum atomic E-state index is 9.20. The van der Waals surface area contributed by atoms with Crippen molar-refractivity contribution in [1.82, 2.24) is 14.8 Å². The average molecular weight is 282 g/mol. The summed E-state index contributed by atoms with van der Waals surface area (Å²) < 4.78 is 1.89. The van der Waals surface area contributed by atoms with Crippen molar-refractivity contribution in [3.05, 3.63) is 42.0 Å². The summed E-state index contributed by atoms with van der Waals surface area (Å²) in [6.45, 7) is 0. The van der Waals surface area contributed by atoms with Crippen molar-refractivity contribution in [1.29, 1.82) is 5.26 Å². The van der Waals surface area contributed by atoms with E-state index in [0.29, 0.717) is 5.82 Å². The maximum absolute atomic E-state index is 9.20. The van der Waals surface area contributed by atoms with Gasteiger partial charge in [0, 0.05) is 35.3 Å². The van der Waals surface area contributed by atoms with Crippen molar-refractivity contribution in [3.63, 3.8) is 0 Å². The number of rotatable bonds is 3. The zero-order valence-electron chi connectivity index (χ0n) is 11.7. The van der Waals surface area contributed by atoms with E-state index in [-0.39, 0.29) is 12.0 Å². The minimum atomic E-state index is 0.0420. The second kappa shape index (κ2) is 5.37. The van der Waals surface area contributed by atoms with Crippen LogP contribution in [0.4, 0.5) is 5.82 Å². The Kier molecular flexibility index (Phi) is 3.40. The van der Waals surface area contributed by atoms with Crippen LogP contribution in [0.25, 0.3) is 5.57 Å². The molecule has 1 saturated carbocycles. The highest BCUT2D eigenvalue weighted by atomic mass is 15.3. The number of H-pyrrole nitrogens is 1. The molecular formula is C15H18N6. The van der Waals surface area contributed by atoms with Gasteiger partial charge in [-0.25, -0.2) is 0 Å². The summed E-state index contributed by atoms with van der Waals surface area (Å²) in [4.78, 5) is 2.94. The van der Waals surface area contributed by atoms with Gasteiger partial charge in [-0.3, -0.25) is 4.68 Å². The Hall–Kier alpha value is -2.68. The topological polar surface area (TPSA) is 109 Å². The molecule has 0 saturated heterocycles. The first kappa shape index (κ1) is 13.3. The van der Waals surface area contributed by atoms with Gasteiger partial charge in [0.15, 0.2) is 0 Å². The number of nitrogens with two attached hydrogens (primary N) is 2. The van der Waals surface area contributed by atoms with E-state index < -0.39 is 0 Å². The third kappa shape index (κ3) is 2.27. The van der Waals surface area contributed by atoms with Crippen LogP contribution >= 0.6 is 0 Å². The Labute approximate surface area is 123 Å². The highest BCUT2D eigenvalue weighted by molar-refractivity contribution is 5.83. The van der Waals surface area contributed by atoms with Crippen LogP contribution in [-0.2, 0) is 0 Å². The summed E-state index contributed by atoms with van der Waals surface area (Å²) in [5.74, 6) is 0.621. The Morgan fingerprint density at radius 1 is 1.52 bits per heavy atom. The molecule has 0 bridgehead atoms. The number of hydrogen-bond acceptors (Lipinski definition) is 4. The number of aromatic nitrogens is 3. The molecule has 108 valence electrons. The van der Waals surface area contributed by atoms with Crippen molar-refractivity contribution in [2.45, 2.75) is 25.3 Å². The summed E-state index contributed by atoms with van der Waals surface area (Å²) in [7, 11) is 0. The number of nitrogen functional groups attached to an aromatic ring is 1. The second-order valence-corrected chi connectivity index (χ2v) is 5.33. The summed E-state index contributed by atoms with van der Waals surface area (Å²) in [5, 5.41) is 13.6. The Morgan fingerprint density at radius 2 is 2.38 bits per heavy atom. The fourth-order valence-corrected chi connectivity index (χ4v) is 3.02. The van der Waals surface area contributed by atoms with Gasteiger partial charge in [-0.15, -0.1) is 0 Å². The zero-order valence-corrected chi connectivity index (χ0v) is 11.7. The highest BCUT2D eigenvalue weighted by Gasteiger charge is 2.29. The molecule has 1 aliphatic rings. The van der Waals surface area contributed by atoms with Crippen LogP contribution in [0.5, 0.6) is 0 Å². The number of nitriles is 1. The van der Waals surface area contributed by atoms with Crippen LogP contribution in [-0.4, -0.2) is 14.8 Å². The lowest BCUT2D eigenvalue weighted by Crippen LogP contribution is -2.13. The summed E-state index contributed by atoms with van der Waals surface area (Å²) in [5.41, 5.74) is 14.3. The number of nitrogens with one attached hydrogen (secondary N) is 1. The molecule has 21 heavy (non-hydrogen) atoms. The van der Waals surface area contributed by atoms with E-state index in [4.69, 9.17) is 11.5 Å². The van der Waals surface area contributed by atoms with Crippen LogP contribution in [0.2, 0.25) is 0 Å². The van der Waals surface area contributed by atoms with Crippen LogP contribution in [0.1, 0.15) is 36.4 Å². The van der Waals surface area contributed by atoms with Gasteiger partial charge in [0.2, 0.25) is 0 Å². The molecule has 6 heteroatoms. The fourth-order valence-electron chi connectivity index (χ4n) is 3.02. The average Bonchev–Trinajstić information content (AvgIpc) is 3.20. The fraction of sp³-hybridized carbons (Fsp3) is 0.333. The van der Waals surface area contributed by atoms with E-state index in [9.17, 15) is 5.26 Å². The SMILES string of the molecule is N#CC1CCCC1n1cc(/C(=C/N)c2cc[nH]c2N)cn1. The van der Waals surface area contributed by atoms with Gasteiger partial charge in [0.1, 0.15) is 5.82 Å². The van der Waals surface area contributed by atoms with Crippen molar-refractivity contribution < 1.29 is 0 Å². The molecule has 0 spiro atoms. The van der Waals surface area contributed by atoms with E-state index in [0.717, 1.165) is 36.0 Å². The lowest BCUT2D eigenvalue weighted by atomic mass is 10.0. The molecule has 0 amide bonds. The third-order valence-electron chi connectivity index (χ3n) is 4.13. The Bertz CT molecular complexity index is 702. The first-order valence-electron chi connectivity index (χ1n) is 7.04. The van der Waals surface area contributed by atoms with Gasteiger partial charge in [0.25, 0.3) is 0 Å². The summed E-state index contributed by atoms with van der Waals surface area (Å²) in [6.07, 6.45) is 10.1. The van der Waals surface area contributed by atoms with E-state index >= 15 is 0 Å². The van der Waals surface area contributed by atoms with Crippen molar-refractivity contribution in [2.24, 2.45) is 11.7 Å². The van der Waals surface area contributed by atoms with Crippen LogP contribution < -0.4 is 11.5 Å². The van der Waals surface area contributed by atoms with Crippen molar-refractivity contribution >= 4 is 11.4 Å². The van der Waals surface area contributed by atoms with Gasteiger partial charge >= 0.3 is 0 Å². The van der Waals surface area contributed by atoms with Crippen LogP contribution in [0, 0.1) is 17.2 Å². The lowest BCUT2D eigenvalue weighted by Gasteiger charge is -2.13. The van der Waals surface area contributed by atoms with Gasteiger partial charge in [-0.05, 0) is 25.3 Å². The smallest absolute Gasteiger partial charge is 0.108 e. The number of nitrogens with zero attached hydrogens (tertiary/aromatic N) is 3. The Morgan fingerprint density at radius 3 is 3.05 bits per heavy atom. The molecular weight excluding hydrogens is 264 g/mol. The number of hydrogen-bond donors (Lipinski definition) is 3. The van der Waals surface area contributed by atoms with E-state index in [2.05, 4.69) is 16.2 Å². The predicted molar refractivity (Wildman–Crippen MR) is 80.7 cm³/mol. The molecule has 3 rings (SSSR count).